The van der Waals surface area contributed by atoms with E-state index in [-0.39, 0.29) is 35.9 Å². The van der Waals surface area contributed by atoms with E-state index in [2.05, 4.69) is 0 Å². The Morgan fingerprint density at radius 1 is 0.756 bits per heavy atom. The van der Waals surface area contributed by atoms with Crippen molar-refractivity contribution < 1.29 is 54.4 Å². The number of aliphatic hydroxyl groups excluding tert-OH is 3. The predicted molar refractivity (Wildman–Crippen MR) is 162 cm³/mol. The Bertz CT molecular complexity index is 1400. The largest absolute Gasteiger partial charge is 0.508 e. The summed E-state index contributed by atoms with van der Waals surface area (Å²) in [5.41, 5.74) is 2.39. The Kier molecular flexibility index (Phi) is 12.1. The van der Waals surface area contributed by atoms with E-state index in [1.807, 2.05) is 0 Å². The fourth-order valence-corrected chi connectivity index (χ4v) is 4.83. The molecule has 3 aromatic rings. The normalized spacial score (nSPS) is 22.2. The zero-order valence-corrected chi connectivity index (χ0v) is 24.5. The molecule has 0 radical (unpaired) electrons. The number of esters is 1. The second kappa shape index (κ2) is 16.2. The molecule has 11 nitrogen and oxygen atoms in total. The van der Waals surface area contributed by atoms with Crippen molar-refractivity contribution in [2.24, 2.45) is 0 Å². The summed E-state index contributed by atoms with van der Waals surface area (Å²) in [5, 5.41) is 60.2. The molecular formula is C34H38O11. The van der Waals surface area contributed by atoms with Gasteiger partial charge < -0.3 is 44.8 Å². The minimum atomic E-state index is -1.68. The number of phenolic OH excluding ortho intramolecular Hbond substituents is 3. The summed E-state index contributed by atoms with van der Waals surface area (Å²) in [6, 6.07) is 19.3. The number of ether oxygens (including phenoxy) is 3. The van der Waals surface area contributed by atoms with Gasteiger partial charge in [0.25, 0.3) is 0 Å². The molecule has 3 aromatic carbocycles. The van der Waals surface area contributed by atoms with Gasteiger partial charge in [-0.15, -0.1) is 0 Å². The number of aliphatic hydroxyl groups is 3. The Morgan fingerprint density at radius 3 is 1.91 bits per heavy atom. The fraction of sp³-hybridized carbons (Fsp3) is 0.353. The van der Waals surface area contributed by atoms with Crippen LogP contribution in [0.5, 0.6) is 17.2 Å². The number of hydrogen-bond acceptors (Lipinski definition) is 11. The third kappa shape index (κ3) is 10.4. The van der Waals surface area contributed by atoms with Gasteiger partial charge in [0.15, 0.2) is 6.29 Å². The number of rotatable bonds is 14. The third-order valence-electron chi connectivity index (χ3n) is 7.47. The molecule has 0 spiro atoms. The van der Waals surface area contributed by atoms with Crippen LogP contribution in [0.1, 0.15) is 36.0 Å². The van der Waals surface area contributed by atoms with Crippen molar-refractivity contribution >= 4 is 17.8 Å². The van der Waals surface area contributed by atoms with E-state index in [1.54, 1.807) is 60.7 Å². The van der Waals surface area contributed by atoms with Crippen LogP contribution in [0.2, 0.25) is 0 Å². The zero-order valence-electron chi connectivity index (χ0n) is 24.5. The molecule has 1 aliphatic rings. The maximum Gasteiger partial charge on any atom is 0.330 e. The number of phenols is 3. The number of aryl methyl sites for hydroxylation is 2. The molecule has 1 fully saturated rings. The second-order valence-corrected chi connectivity index (χ2v) is 10.9. The average molecular weight is 623 g/mol. The van der Waals surface area contributed by atoms with E-state index < -0.39 is 49.4 Å². The van der Waals surface area contributed by atoms with Crippen molar-refractivity contribution in [2.45, 2.75) is 68.9 Å². The molecule has 6 atom stereocenters. The van der Waals surface area contributed by atoms with Crippen molar-refractivity contribution in [3.8, 4) is 17.2 Å². The van der Waals surface area contributed by atoms with Crippen LogP contribution >= 0.6 is 0 Å². The van der Waals surface area contributed by atoms with Crippen molar-refractivity contribution in [1.82, 2.24) is 0 Å². The van der Waals surface area contributed by atoms with Gasteiger partial charge >= 0.3 is 5.97 Å². The van der Waals surface area contributed by atoms with Crippen LogP contribution < -0.4 is 0 Å². The molecule has 0 saturated carbocycles. The van der Waals surface area contributed by atoms with Gasteiger partial charge in [0.2, 0.25) is 0 Å². The molecule has 1 saturated heterocycles. The minimum absolute atomic E-state index is 0.0247. The molecule has 0 aliphatic carbocycles. The molecule has 0 amide bonds. The van der Waals surface area contributed by atoms with Crippen molar-refractivity contribution in [2.75, 3.05) is 6.61 Å². The van der Waals surface area contributed by atoms with Crippen molar-refractivity contribution in [3.63, 3.8) is 0 Å². The van der Waals surface area contributed by atoms with E-state index in [9.17, 15) is 40.2 Å². The minimum Gasteiger partial charge on any atom is -0.508 e. The zero-order chi connectivity index (χ0) is 32.3. The highest BCUT2D eigenvalue weighted by Gasteiger charge is 2.45. The van der Waals surface area contributed by atoms with Crippen LogP contribution in [0.25, 0.3) is 6.08 Å². The molecule has 6 N–H and O–H groups in total. The number of hydrogen-bond donors (Lipinski definition) is 6. The summed E-state index contributed by atoms with van der Waals surface area (Å²) in [5.74, 6) is -0.537. The summed E-state index contributed by atoms with van der Waals surface area (Å²) in [6.45, 7) is -0.451. The summed E-state index contributed by atoms with van der Waals surface area (Å²) >= 11 is 0. The first kappa shape index (κ1) is 33.6. The smallest absolute Gasteiger partial charge is 0.330 e. The van der Waals surface area contributed by atoms with Crippen molar-refractivity contribution in [3.05, 3.63) is 95.6 Å². The lowest BCUT2D eigenvalue weighted by molar-refractivity contribution is -0.311. The highest BCUT2D eigenvalue weighted by molar-refractivity contribution is 5.87. The molecule has 240 valence electrons. The standard InChI is InChI=1S/C34H38O11/c35-24-10-1-21(2-11-24)7-16-27(38)19-28(17-8-22-3-12-25(36)13-4-22)44-34-33(42)32(41)31(40)29(45-34)20-43-30(39)18-9-23-5-14-26(37)15-6-23/h1-6,9-15,18,28-29,31-37,40-42H,7-8,16-17,19-20H2/t28-,29+,31+,32-,33+,34-/m0/s1. The van der Waals surface area contributed by atoms with Gasteiger partial charge in [-0.2, -0.15) is 0 Å². The average Bonchev–Trinajstić information content (AvgIpc) is 3.03. The maximum atomic E-state index is 13.0. The van der Waals surface area contributed by atoms with E-state index >= 15 is 0 Å². The summed E-state index contributed by atoms with van der Waals surface area (Å²) < 4.78 is 17.0. The molecule has 45 heavy (non-hydrogen) atoms. The van der Waals surface area contributed by atoms with E-state index in [0.29, 0.717) is 24.8 Å². The molecular weight excluding hydrogens is 584 g/mol. The third-order valence-corrected chi connectivity index (χ3v) is 7.47. The van der Waals surface area contributed by atoms with Crippen molar-refractivity contribution in [1.29, 1.82) is 0 Å². The molecule has 0 aromatic heterocycles. The lowest BCUT2D eigenvalue weighted by atomic mass is 9.98. The van der Waals surface area contributed by atoms with Gasteiger partial charge in [0, 0.05) is 18.9 Å². The highest BCUT2D eigenvalue weighted by Crippen LogP contribution is 2.26. The summed E-state index contributed by atoms with van der Waals surface area (Å²) in [4.78, 5) is 25.3. The SMILES string of the molecule is O=C(CCc1ccc(O)cc1)C[C@H](CCc1ccc(O)cc1)O[C@H]1O[C@H](COC(=O)C=Cc2ccc(O)cc2)[C@@H](O)[C@H](O)[C@H]1O. The second-order valence-electron chi connectivity index (χ2n) is 10.9. The summed E-state index contributed by atoms with van der Waals surface area (Å²) in [6.07, 6.45) is -4.26. The topological polar surface area (TPSA) is 183 Å². The first-order valence-corrected chi connectivity index (χ1v) is 14.6. The molecule has 4 rings (SSSR count). The molecule has 0 bridgehead atoms. The maximum absolute atomic E-state index is 13.0. The van der Waals surface area contributed by atoms with E-state index in [4.69, 9.17) is 14.2 Å². The molecule has 1 heterocycles. The first-order valence-electron chi connectivity index (χ1n) is 14.6. The van der Waals surface area contributed by atoms with E-state index in [1.165, 1.54) is 18.2 Å². The Hall–Kier alpha value is -4.26. The van der Waals surface area contributed by atoms with Crippen LogP contribution in [0, 0.1) is 0 Å². The quantitative estimate of drug-likeness (QED) is 0.115. The summed E-state index contributed by atoms with van der Waals surface area (Å²) in [7, 11) is 0. The number of ketones is 1. The number of benzene rings is 3. The Labute approximate surface area is 260 Å². The Morgan fingerprint density at radius 2 is 1.31 bits per heavy atom. The number of carbonyl (C=O) groups excluding carboxylic acids is 2. The van der Waals surface area contributed by atoms with Crippen LogP contribution in [0.4, 0.5) is 0 Å². The Balaban J connectivity index is 1.38. The van der Waals surface area contributed by atoms with Crippen LogP contribution in [0.15, 0.2) is 78.9 Å². The number of carbonyl (C=O) groups is 2. The molecule has 11 heteroatoms. The lowest BCUT2D eigenvalue weighted by Gasteiger charge is -2.41. The van der Waals surface area contributed by atoms with Crippen LogP contribution in [0.3, 0.4) is 0 Å². The van der Waals surface area contributed by atoms with Crippen LogP contribution in [-0.4, -0.2) is 85.8 Å². The lowest BCUT2D eigenvalue weighted by Crippen LogP contribution is -2.60. The van der Waals surface area contributed by atoms with Crippen LogP contribution in [-0.2, 0) is 36.6 Å². The predicted octanol–water partition coefficient (Wildman–Crippen LogP) is 2.78. The van der Waals surface area contributed by atoms with Gasteiger partial charge in [-0.25, -0.2) is 4.79 Å². The monoisotopic (exact) mass is 622 g/mol. The van der Waals surface area contributed by atoms with Gasteiger partial charge in [0.05, 0.1) is 6.10 Å². The van der Waals surface area contributed by atoms with Gasteiger partial charge in [0.1, 0.15) is 54.1 Å². The van der Waals surface area contributed by atoms with Gasteiger partial charge in [-0.1, -0.05) is 36.4 Å². The molecule has 1 aliphatic heterocycles. The molecule has 0 unspecified atom stereocenters. The first-order chi connectivity index (χ1) is 21.6. The van der Waals surface area contributed by atoms with Gasteiger partial charge in [-0.3, -0.25) is 4.79 Å². The van der Waals surface area contributed by atoms with Gasteiger partial charge in [-0.05, 0) is 78.4 Å². The number of aromatic hydroxyl groups is 3. The fourth-order valence-electron chi connectivity index (χ4n) is 4.83. The van der Waals surface area contributed by atoms with E-state index in [0.717, 1.165) is 17.2 Å². The number of Topliss-reactive ketones (excluding diaryl/α,β-unsaturated/α-hetero) is 1. The highest BCUT2D eigenvalue weighted by atomic mass is 16.7.